The van der Waals surface area contributed by atoms with E-state index in [0.717, 1.165) is 29.2 Å². The largest absolute Gasteiger partial charge is 0.350 e. The van der Waals surface area contributed by atoms with Crippen molar-refractivity contribution >= 4 is 62.6 Å². The van der Waals surface area contributed by atoms with Crippen molar-refractivity contribution < 1.29 is 27.6 Å². The maximum Gasteiger partial charge on any atom is 0.264 e. The summed E-state index contributed by atoms with van der Waals surface area (Å²) in [7, 11) is -2.51. The molecule has 0 saturated heterocycles. The zero-order valence-corrected chi connectivity index (χ0v) is 37.2. The van der Waals surface area contributed by atoms with Crippen LogP contribution in [0.3, 0.4) is 0 Å². The maximum absolute atomic E-state index is 14.8. The van der Waals surface area contributed by atoms with Crippen molar-refractivity contribution in [2.45, 2.75) is 97.9 Å². The van der Waals surface area contributed by atoms with Crippen LogP contribution >= 0.6 is 23.4 Å². The highest BCUT2D eigenvalue weighted by Gasteiger charge is 2.35. The van der Waals surface area contributed by atoms with Crippen molar-refractivity contribution in [3.05, 3.63) is 112 Å². The molecular formula is C45H53ClN8O6S2. The van der Waals surface area contributed by atoms with Gasteiger partial charge in [0, 0.05) is 44.6 Å². The van der Waals surface area contributed by atoms with Crippen LogP contribution in [0.15, 0.2) is 99.9 Å². The van der Waals surface area contributed by atoms with Gasteiger partial charge in [0.15, 0.2) is 0 Å². The molecule has 6 rings (SSSR count). The number of sulfonamides is 1. The fourth-order valence-corrected chi connectivity index (χ4v) is 10.1. The molecule has 17 heteroatoms. The van der Waals surface area contributed by atoms with Crippen LogP contribution < -0.4 is 32.1 Å². The van der Waals surface area contributed by atoms with Crippen molar-refractivity contribution in [2.75, 3.05) is 20.1 Å². The van der Waals surface area contributed by atoms with Crippen LogP contribution in [-0.2, 0) is 48.7 Å². The van der Waals surface area contributed by atoms with Gasteiger partial charge in [0.05, 0.1) is 16.0 Å². The number of carbonyl (C=O) groups excluding carboxylic acids is 4. The molecule has 1 aromatic heterocycles. The van der Waals surface area contributed by atoms with Gasteiger partial charge in [-0.2, -0.15) is 0 Å². The zero-order valence-electron chi connectivity index (χ0n) is 34.8. The lowest BCUT2D eigenvalue weighted by atomic mass is 9.97. The van der Waals surface area contributed by atoms with Crippen molar-refractivity contribution in [2.24, 2.45) is 11.5 Å². The minimum Gasteiger partial charge on any atom is -0.350 e. The maximum atomic E-state index is 14.8. The number of unbranched alkanes of at least 4 members (excludes halogenated alkanes) is 1. The third kappa shape index (κ3) is 11.3. The second-order valence-corrected chi connectivity index (χ2v) is 18.4. The number of fused-ring (bicyclic) bond motifs is 3. The summed E-state index contributed by atoms with van der Waals surface area (Å²) >= 11 is 8.33. The molecular weight excluding hydrogens is 848 g/mol. The fraction of sp³-hybridized carbons (Fsp3) is 0.356. The number of nitrogens with one attached hydrogen (secondary N) is 4. The first-order valence-electron chi connectivity index (χ1n) is 20.6. The van der Waals surface area contributed by atoms with Crippen molar-refractivity contribution in [1.29, 1.82) is 0 Å². The van der Waals surface area contributed by atoms with E-state index < -0.39 is 45.9 Å². The van der Waals surface area contributed by atoms with E-state index in [-0.39, 0.29) is 30.3 Å². The average molecular weight is 902 g/mol. The summed E-state index contributed by atoms with van der Waals surface area (Å²) in [6, 6.07) is 18.6. The molecule has 0 saturated carbocycles. The van der Waals surface area contributed by atoms with Crippen LogP contribution in [0.1, 0.15) is 67.7 Å². The molecule has 14 nitrogen and oxygen atoms in total. The van der Waals surface area contributed by atoms with Gasteiger partial charge in [0.2, 0.25) is 23.6 Å². The minimum atomic E-state index is -4.10. The number of hydrogen-bond donors (Lipinski definition) is 6. The predicted molar refractivity (Wildman–Crippen MR) is 241 cm³/mol. The summed E-state index contributed by atoms with van der Waals surface area (Å²) in [5.41, 5.74) is 17.5. The first-order valence-corrected chi connectivity index (χ1v) is 23.3. The molecule has 2 aliphatic rings. The van der Waals surface area contributed by atoms with Gasteiger partial charge in [-0.05, 0) is 115 Å². The normalized spacial score (nSPS) is 18.7. The molecule has 0 unspecified atom stereocenters. The lowest BCUT2D eigenvalue weighted by Gasteiger charge is -2.32. The standard InChI is InChI=1S/C45H53ClN8O6S2/c1-28(55)53-62(59,60)33-18-16-30(17-19-33)35-20-21-37(46)41-36(35)27-51-43(57)40(25-31-15-14-29-9-3-4-11-34(29)31)54(2)45(58)39(12-5-6-22-47)52-42(56)38(13-7-23-48)50-26-32-10-8-24-49-44(32)61-41/h3-4,8-11,15-21,24,38-40,50H,5-7,12-14,22-23,25-27,47-48H2,1-2H3,(H,51,57)(H,52,56)(H,53,55)/t38-,39-,40-/m0/s1. The van der Waals surface area contributed by atoms with Gasteiger partial charge >= 0.3 is 0 Å². The van der Waals surface area contributed by atoms with E-state index in [0.29, 0.717) is 83.2 Å². The van der Waals surface area contributed by atoms with Gasteiger partial charge in [-0.25, -0.2) is 18.1 Å². The summed E-state index contributed by atoms with van der Waals surface area (Å²) in [5.74, 6) is -1.91. The SMILES string of the molecule is CC(=O)NS(=O)(=O)c1ccc(-c2ccc(Cl)c3c2CNC(=O)[C@H](CC2=CCc4ccccc42)N(C)C(=O)[C@H](CCCCN)NC(=O)[C@H](CCCN)NCc2cccnc2S3)cc1. The van der Waals surface area contributed by atoms with Crippen LogP contribution in [0.25, 0.3) is 16.7 Å². The van der Waals surface area contributed by atoms with Gasteiger partial charge in [-0.1, -0.05) is 78.0 Å². The molecule has 328 valence electrons. The van der Waals surface area contributed by atoms with Gasteiger partial charge < -0.3 is 32.3 Å². The summed E-state index contributed by atoms with van der Waals surface area (Å²) in [6.07, 6.45) is 7.15. The van der Waals surface area contributed by atoms with E-state index in [4.69, 9.17) is 28.1 Å². The van der Waals surface area contributed by atoms with E-state index >= 15 is 0 Å². The number of allylic oxidation sites excluding steroid dienone is 1. The van der Waals surface area contributed by atoms with E-state index in [2.05, 4.69) is 22.0 Å². The number of aromatic nitrogens is 1. The monoisotopic (exact) mass is 900 g/mol. The van der Waals surface area contributed by atoms with E-state index in [1.54, 1.807) is 43.6 Å². The summed E-state index contributed by atoms with van der Waals surface area (Å²) in [4.78, 5) is 61.9. The molecule has 0 radical (unpaired) electrons. The molecule has 0 spiro atoms. The Morgan fingerprint density at radius 1 is 0.887 bits per heavy atom. The number of amides is 4. The predicted octanol–water partition coefficient (Wildman–Crippen LogP) is 4.68. The lowest BCUT2D eigenvalue weighted by molar-refractivity contribution is -0.142. The van der Waals surface area contributed by atoms with E-state index in [9.17, 15) is 27.6 Å². The Labute approximate surface area is 372 Å². The Kier molecular flexibility index (Phi) is 16.0. The van der Waals surface area contributed by atoms with Crippen LogP contribution in [-0.4, -0.2) is 80.2 Å². The molecule has 3 atom stereocenters. The Bertz CT molecular complexity index is 2430. The number of carbonyl (C=O) groups is 4. The highest BCUT2D eigenvalue weighted by Crippen LogP contribution is 2.41. The fourth-order valence-electron chi connectivity index (χ4n) is 7.72. The lowest BCUT2D eigenvalue weighted by Crippen LogP contribution is -2.56. The van der Waals surface area contributed by atoms with Crippen LogP contribution in [0.5, 0.6) is 0 Å². The number of rotatable bonds is 12. The molecule has 4 aromatic rings. The van der Waals surface area contributed by atoms with Gasteiger partial charge in [0.1, 0.15) is 17.1 Å². The second kappa shape index (κ2) is 21.3. The third-order valence-corrected chi connectivity index (χ3v) is 14.1. The highest BCUT2D eigenvalue weighted by atomic mass is 35.5. The number of likely N-dealkylation sites (N-methyl/N-ethyl adjacent to an activating group) is 1. The molecule has 1 aliphatic heterocycles. The first-order chi connectivity index (χ1) is 29.8. The number of pyridine rings is 1. The first kappa shape index (κ1) is 46.4. The number of benzene rings is 3. The van der Waals surface area contributed by atoms with Crippen molar-refractivity contribution in [3.63, 3.8) is 0 Å². The third-order valence-electron chi connectivity index (χ3n) is 11.0. The average Bonchev–Trinajstić information content (AvgIpc) is 3.67. The van der Waals surface area contributed by atoms with Gasteiger partial charge in [0.25, 0.3) is 10.0 Å². The highest BCUT2D eigenvalue weighted by molar-refractivity contribution is 7.99. The Morgan fingerprint density at radius 3 is 2.35 bits per heavy atom. The van der Waals surface area contributed by atoms with Gasteiger partial charge in [-0.3, -0.25) is 19.2 Å². The number of hydrogen-bond acceptors (Lipinski definition) is 11. The quantitative estimate of drug-likeness (QED) is 0.107. The molecule has 2 heterocycles. The number of halogens is 1. The van der Waals surface area contributed by atoms with Gasteiger partial charge in [-0.15, -0.1) is 0 Å². The number of nitrogens with zero attached hydrogens (tertiary/aromatic N) is 2. The van der Waals surface area contributed by atoms with E-state index in [1.165, 1.54) is 28.8 Å². The molecule has 0 bridgehead atoms. The smallest absolute Gasteiger partial charge is 0.264 e. The topological polar surface area (TPSA) is 219 Å². The molecule has 4 amide bonds. The summed E-state index contributed by atoms with van der Waals surface area (Å²) in [6.45, 7) is 2.12. The summed E-state index contributed by atoms with van der Waals surface area (Å²) in [5, 5.41) is 10.5. The van der Waals surface area contributed by atoms with Crippen molar-refractivity contribution in [3.8, 4) is 11.1 Å². The molecule has 1 aliphatic carbocycles. The van der Waals surface area contributed by atoms with Crippen LogP contribution in [0, 0.1) is 0 Å². The Hall–Kier alpha value is -5.10. The minimum absolute atomic E-state index is 0.0323. The van der Waals surface area contributed by atoms with Crippen LogP contribution in [0.2, 0.25) is 5.02 Å². The zero-order chi connectivity index (χ0) is 44.4. The molecule has 3 aromatic carbocycles. The molecule has 0 fully saturated rings. The summed E-state index contributed by atoms with van der Waals surface area (Å²) < 4.78 is 27.6. The van der Waals surface area contributed by atoms with E-state index in [1.807, 2.05) is 35.1 Å². The molecule has 8 N–H and O–H groups in total. The second-order valence-electron chi connectivity index (χ2n) is 15.3. The number of nitrogens with two attached hydrogens (primary N) is 2. The molecule has 62 heavy (non-hydrogen) atoms. The van der Waals surface area contributed by atoms with Crippen molar-refractivity contribution in [1.82, 2.24) is 30.6 Å². The Morgan fingerprint density at radius 2 is 1.61 bits per heavy atom. The van der Waals surface area contributed by atoms with Crippen LogP contribution in [0.4, 0.5) is 0 Å². The Balaban J connectivity index is 1.47.